The van der Waals surface area contributed by atoms with Crippen LogP contribution in [0.5, 0.6) is 0 Å². The van der Waals surface area contributed by atoms with Crippen molar-refractivity contribution in [1.29, 1.82) is 0 Å². The average Bonchev–Trinajstić information content (AvgIpc) is 2.18. The first-order valence-electron chi connectivity index (χ1n) is 8.03. The van der Waals surface area contributed by atoms with E-state index >= 15 is 0 Å². The third-order valence-corrected chi connectivity index (χ3v) is 2.98. The van der Waals surface area contributed by atoms with Crippen LogP contribution in [-0.4, -0.2) is 35.4 Å². The molecule has 0 amide bonds. The zero-order chi connectivity index (χ0) is 17.8. The van der Waals surface area contributed by atoms with Crippen LogP contribution in [-0.2, 0) is 14.3 Å². The molecule has 0 spiro atoms. The molecule has 0 radical (unpaired) electrons. The van der Waals surface area contributed by atoms with Gasteiger partial charge in [-0.2, -0.15) is 0 Å². The molecule has 0 saturated heterocycles. The molecule has 0 aromatic heterocycles. The normalized spacial score (nSPS) is 16.3. The largest absolute Gasteiger partial charge is 0.464 e. The first-order chi connectivity index (χ1) is 9.61. The van der Waals surface area contributed by atoms with Gasteiger partial charge in [-0.15, -0.1) is 0 Å². The van der Waals surface area contributed by atoms with Crippen molar-refractivity contribution in [3.05, 3.63) is 0 Å². The average molecular weight is 316 g/mol. The fourth-order valence-electron chi connectivity index (χ4n) is 2.75. The predicted molar refractivity (Wildman–Crippen MR) is 90.5 cm³/mol. The van der Waals surface area contributed by atoms with Crippen molar-refractivity contribution in [2.45, 2.75) is 91.0 Å². The van der Waals surface area contributed by atoms with E-state index in [-0.39, 0.29) is 23.1 Å². The maximum Gasteiger partial charge on any atom is 0.322 e. The Morgan fingerprint density at radius 3 is 1.95 bits per heavy atom. The highest BCUT2D eigenvalue weighted by Gasteiger charge is 2.29. The predicted octanol–water partition coefficient (Wildman–Crippen LogP) is 2.60. The molecule has 0 fully saturated rings. The fraction of sp³-hybridized carbons (Fsp3) is 0.941. The summed E-state index contributed by atoms with van der Waals surface area (Å²) >= 11 is 0. The molecule has 0 aromatic carbocycles. The summed E-state index contributed by atoms with van der Waals surface area (Å²) in [5, 5.41) is 0. The third kappa shape index (κ3) is 11.0. The van der Waals surface area contributed by atoms with Gasteiger partial charge in [0.25, 0.3) is 0 Å². The van der Waals surface area contributed by atoms with Crippen LogP contribution >= 0.6 is 0 Å². The van der Waals surface area contributed by atoms with Crippen molar-refractivity contribution >= 4 is 5.97 Å². The molecule has 0 saturated carbocycles. The lowest BCUT2D eigenvalue weighted by Gasteiger charge is -2.35. The minimum absolute atomic E-state index is 0.194. The molecule has 0 heterocycles. The quantitative estimate of drug-likeness (QED) is 0.672. The van der Waals surface area contributed by atoms with E-state index in [1.54, 1.807) is 0 Å². The standard InChI is InChI=1S/C17H36N2O3/c1-12(9-17(7,8)22-15(2,3)4)11-21-14(20)13(18)10-16(5,6)19/h12-13H,9-11,18-19H2,1-8H3. The van der Waals surface area contributed by atoms with Gasteiger partial charge < -0.3 is 20.9 Å². The van der Waals surface area contributed by atoms with E-state index in [0.29, 0.717) is 13.0 Å². The van der Waals surface area contributed by atoms with E-state index < -0.39 is 11.6 Å². The molecule has 0 rings (SSSR count). The summed E-state index contributed by atoms with van der Waals surface area (Å²) in [6, 6.07) is -0.675. The zero-order valence-corrected chi connectivity index (χ0v) is 15.7. The number of carbonyl (C=O) groups excluding carboxylic acids is 1. The topological polar surface area (TPSA) is 87.6 Å². The Bertz CT molecular complexity index is 354. The minimum atomic E-state index is -0.675. The molecular formula is C17H36N2O3. The van der Waals surface area contributed by atoms with Crippen molar-refractivity contribution in [2.75, 3.05) is 6.61 Å². The van der Waals surface area contributed by atoms with Crippen LogP contribution in [0.4, 0.5) is 0 Å². The number of esters is 1. The molecule has 0 aliphatic heterocycles. The highest BCUT2D eigenvalue weighted by Crippen LogP contribution is 2.26. The summed E-state index contributed by atoms with van der Waals surface area (Å²) in [7, 11) is 0. The number of hydrogen-bond acceptors (Lipinski definition) is 5. The van der Waals surface area contributed by atoms with Crippen LogP contribution in [0.25, 0.3) is 0 Å². The lowest BCUT2D eigenvalue weighted by atomic mass is 9.94. The van der Waals surface area contributed by atoms with Gasteiger partial charge in [-0.05, 0) is 67.2 Å². The van der Waals surface area contributed by atoms with Crippen molar-refractivity contribution in [3.63, 3.8) is 0 Å². The van der Waals surface area contributed by atoms with Crippen LogP contribution in [0, 0.1) is 5.92 Å². The summed E-state index contributed by atoms with van der Waals surface area (Å²) in [5.41, 5.74) is 10.7. The Kier molecular flexibility index (Phi) is 7.52. The van der Waals surface area contributed by atoms with Gasteiger partial charge in [0.2, 0.25) is 0 Å². The SMILES string of the molecule is CC(COC(=O)C(N)CC(C)(C)N)CC(C)(C)OC(C)(C)C. The summed E-state index contributed by atoms with van der Waals surface area (Å²) in [6.45, 7) is 16.3. The first kappa shape index (κ1) is 21.4. The van der Waals surface area contributed by atoms with Gasteiger partial charge in [0.1, 0.15) is 6.04 Å². The molecule has 132 valence electrons. The highest BCUT2D eigenvalue weighted by atomic mass is 16.5. The van der Waals surface area contributed by atoms with Gasteiger partial charge in [-0.3, -0.25) is 4.79 Å². The van der Waals surface area contributed by atoms with Crippen LogP contribution in [0.1, 0.15) is 68.2 Å². The molecule has 0 aliphatic rings. The van der Waals surface area contributed by atoms with Gasteiger partial charge >= 0.3 is 5.97 Å². The molecule has 4 N–H and O–H groups in total. The lowest BCUT2D eigenvalue weighted by Crippen LogP contribution is -2.44. The van der Waals surface area contributed by atoms with Crippen molar-refractivity contribution in [3.8, 4) is 0 Å². The van der Waals surface area contributed by atoms with Crippen LogP contribution in [0.15, 0.2) is 0 Å². The Hall–Kier alpha value is -0.650. The third-order valence-electron chi connectivity index (χ3n) is 2.98. The highest BCUT2D eigenvalue weighted by molar-refractivity contribution is 5.75. The Labute approximate surface area is 136 Å². The molecule has 5 nitrogen and oxygen atoms in total. The minimum Gasteiger partial charge on any atom is -0.464 e. The van der Waals surface area contributed by atoms with E-state index in [1.165, 1.54) is 0 Å². The molecule has 2 unspecified atom stereocenters. The van der Waals surface area contributed by atoms with Gasteiger partial charge in [0.15, 0.2) is 0 Å². The van der Waals surface area contributed by atoms with E-state index in [0.717, 1.165) is 6.42 Å². The number of hydrogen-bond donors (Lipinski definition) is 2. The number of carbonyl (C=O) groups is 1. The van der Waals surface area contributed by atoms with Crippen LogP contribution in [0.3, 0.4) is 0 Å². The van der Waals surface area contributed by atoms with E-state index in [4.69, 9.17) is 20.9 Å². The smallest absolute Gasteiger partial charge is 0.322 e. The molecule has 2 atom stereocenters. The maximum atomic E-state index is 11.9. The van der Waals surface area contributed by atoms with Gasteiger partial charge in [-0.25, -0.2) is 0 Å². The summed E-state index contributed by atoms with van der Waals surface area (Å²) < 4.78 is 11.3. The summed E-state index contributed by atoms with van der Waals surface area (Å²) in [4.78, 5) is 11.9. The summed E-state index contributed by atoms with van der Waals surface area (Å²) in [6.07, 6.45) is 1.20. The second kappa shape index (κ2) is 7.75. The first-order valence-corrected chi connectivity index (χ1v) is 8.03. The van der Waals surface area contributed by atoms with Crippen LogP contribution < -0.4 is 11.5 Å². The van der Waals surface area contributed by atoms with Gasteiger partial charge in [-0.1, -0.05) is 6.92 Å². The van der Waals surface area contributed by atoms with E-state index in [9.17, 15) is 4.79 Å². The van der Waals surface area contributed by atoms with Gasteiger partial charge in [0.05, 0.1) is 17.8 Å². The Balaban J connectivity index is 4.28. The molecule has 0 aromatic rings. The molecule has 5 heteroatoms. The van der Waals surface area contributed by atoms with Crippen LogP contribution in [0.2, 0.25) is 0 Å². The Morgan fingerprint density at radius 1 is 1.05 bits per heavy atom. The van der Waals surface area contributed by atoms with E-state index in [2.05, 4.69) is 13.8 Å². The molecule has 0 bridgehead atoms. The second-order valence-electron chi connectivity index (χ2n) is 8.71. The number of rotatable bonds is 8. The van der Waals surface area contributed by atoms with Crippen molar-refractivity contribution in [1.82, 2.24) is 0 Å². The molecule has 22 heavy (non-hydrogen) atoms. The molecule has 0 aliphatic carbocycles. The monoisotopic (exact) mass is 316 g/mol. The number of ether oxygens (including phenoxy) is 2. The van der Waals surface area contributed by atoms with E-state index in [1.807, 2.05) is 41.5 Å². The zero-order valence-electron chi connectivity index (χ0n) is 15.7. The van der Waals surface area contributed by atoms with Crippen molar-refractivity contribution < 1.29 is 14.3 Å². The van der Waals surface area contributed by atoms with Crippen molar-refractivity contribution in [2.24, 2.45) is 17.4 Å². The van der Waals surface area contributed by atoms with Gasteiger partial charge in [0, 0.05) is 5.54 Å². The summed E-state index contributed by atoms with van der Waals surface area (Å²) in [5.74, 6) is -0.195. The lowest BCUT2D eigenvalue weighted by molar-refractivity contribution is -0.150. The second-order valence-corrected chi connectivity index (χ2v) is 8.71. The molecular weight excluding hydrogens is 280 g/mol. The number of nitrogens with two attached hydrogens (primary N) is 2. The Morgan fingerprint density at radius 2 is 1.55 bits per heavy atom. The maximum absolute atomic E-state index is 11.9. The fourth-order valence-corrected chi connectivity index (χ4v) is 2.75.